The number of hydrogen-bond acceptors (Lipinski definition) is 21. The maximum Gasteiger partial charge on any atom is 0.490 e. The summed E-state index contributed by atoms with van der Waals surface area (Å²) in [6.45, 7) is 14.4. The lowest BCUT2D eigenvalue weighted by Gasteiger charge is -2.35. The topological polar surface area (TPSA) is 435 Å². The number of allylic oxidation sites excluding steroid dienone is 1. The molecule has 2 fully saturated rings. The van der Waals surface area contributed by atoms with E-state index in [0.717, 1.165) is 18.7 Å². The zero-order valence-corrected chi connectivity index (χ0v) is 37.6. The summed E-state index contributed by atoms with van der Waals surface area (Å²) in [6, 6.07) is 0. The summed E-state index contributed by atoms with van der Waals surface area (Å²) in [5.41, 5.74) is 3.27. The van der Waals surface area contributed by atoms with Gasteiger partial charge < -0.3 is 79.7 Å². The lowest BCUT2D eigenvalue weighted by Crippen LogP contribution is -2.43. The van der Waals surface area contributed by atoms with E-state index in [4.69, 9.17) is 44.6 Å². The number of ether oxygens (including phenoxy) is 2. The van der Waals surface area contributed by atoms with E-state index in [2.05, 4.69) is 56.3 Å². The highest BCUT2D eigenvalue weighted by Gasteiger charge is 2.57. The van der Waals surface area contributed by atoms with E-state index in [9.17, 15) is 56.2 Å². The largest absolute Gasteiger partial charge is 0.490 e. The first kappa shape index (κ1) is 54.4. The monoisotopic (exact) mass is 1020 g/mol. The molecule has 0 radical (unpaired) electrons. The van der Waals surface area contributed by atoms with Gasteiger partial charge in [0.2, 0.25) is 0 Å². The first-order valence-corrected chi connectivity index (χ1v) is 25.4. The molecule has 6 unspecified atom stereocenters. The van der Waals surface area contributed by atoms with Gasteiger partial charge >= 0.3 is 46.9 Å². The number of nitrogens with two attached hydrogens (primary N) is 1. The van der Waals surface area contributed by atoms with Crippen molar-refractivity contribution in [2.45, 2.75) is 75.9 Å². The summed E-state index contributed by atoms with van der Waals surface area (Å²) in [5.74, 6) is 0.290. The van der Waals surface area contributed by atoms with Crippen molar-refractivity contribution in [2.75, 3.05) is 13.2 Å². The number of aliphatic hydroxyl groups is 2. The van der Waals surface area contributed by atoms with Crippen LogP contribution in [0.5, 0.6) is 0 Å². The van der Waals surface area contributed by atoms with Gasteiger partial charge in [-0.3, -0.25) is 9.05 Å². The van der Waals surface area contributed by atoms with Gasteiger partial charge in [0.05, 0.1) is 13.2 Å². The fraction of sp³-hybridized carbons (Fsp3) is 0.560. The van der Waals surface area contributed by atoms with E-state index in [1.807, 2.05) is 0 Å². The Morgan fingerprint density at radius 2 is 1.08 bits per heavy atom. The fourth-order valence-corrected chi connectivity index (χ4v) is 11.5. The van der Waals surface area contributed by atoms with Gasteiger partial charge in [-0.1, -0.05) is 19.7 Å². The second-order valence-electron chi connectivity index (χ2n) is 13.6. The van der Waals surface area contributed by atoms with Crippen molar-refractivity contribution in [2.24, 2.45) is 10.7 Å². The Morgan fingerprint density at radius 3 is 1.47 bits per heavy atom. The zero-order chi connectivity index (χ0) is 48.0. The number of nitrogens with one attached hydrogen (secondary N) is 1. The molecule has 12 atom stereocenters. The molecule has 13 N–H and O–H groups in total. The zero-order valence-electron chi connectivity index (χ0n) is 32.2. The number of hydrogen-bond donors (Lipinski definition) is 12. The smallest absolute Gasteiger partial charge is 0.387 e. The summed E-state index contributed by atoms with van der Waals surface area (Å²) >= 11 is 0. The molecular formula is C25H43F2N5O24P6. The van der Waals surface area contributed by atoms with E-state index in [1.165, 1.54) is 17.3 Å². The minimum atomic E-state index is -5.73. The Hall–Kier alpha value is -1.91. The van der Waals surface area contributed by atoms with Crippen molar-refractivity contribution in [1.29, 1.82) is 0 Å². The molecule has 0 saturated carbocycles. The highest BCUT2D eigenvalue weighted by atomic mass is 31.3. The molecule has 0 aromatic carbocycles. The number of alkyl halides is 2. The van der Waals surface area contributed by atoms with Crippen molar-refractivity contribution < 1.29 is 121 Å². The second kappa shape index (κ2) is 19.1. The Balaban J connectivity index is 0.000000330. The molecule has 4 rings (SSSR count). The summed E-state index contributed by atoms with van der Waals surface area (Å²) < 4.78 is 131. The summed E-state index contributed by atoms with van der Waals surface area (Å²) in [6.07, 6.45) is -8.07. The van der Waals surface area contributed by atoms with Gasteiger partial charge in [0.25, 0.3) is 0 Å². The van der Waals surface area contributed by atoms with Crippen LogP contribution in [-0.4, -0.2) is 126 Å². The molecule has 356 valence electrons. The number of phosphoric acid groups is 6. The van der Waals surface area contributed by atoms with Crippen LogP contribution in [0.4, 0.5) is 8.78 Å². The Morgan fingerprint density at radius 1 is 0.710 bits per heavy atom. The first-order chi connectivity index (χ1) is 27.7. The highest BCUT2D eigenvalue weighted by Crippen LogP contribution is 2.67. The molecule has 0 aliphatic carbocycles. The van der Waals surface area contributed by atoms with Gasteiger partial charge in [-0.15, -0.1) is 0 Å². The summed E-state index contributed by atoms with van der Waals surface area (Å²) in [5, 5.41) is 23.3. The van der Waals surface area contributed by atoms with Crippen LogP contribution in [0.2, 0.25) is 0 Å². The third-order valence-corrected chi connectivity index (χ3v) is 15.9. The van der Waals surface area contributed by atoms with Crippen LogP contribution >= 0.6 is 46.9 Å². The van der Waals surface area contributed by atoms with E-state index >= 15 is 0 Å². The van der Waals surface area contributed by atoms with Crippen LogP contribution in [0.3, 0.4) is 0 Å². The predicted molar refractivity (Wildman–Crippen MR) is 201 cm³/mol. The maximum absolute atomic E-state index is 14.8. The highest BCUT2D eigenvalue weighted by molar-refractivity contribution is 7.67. The normalized spacial score (nSPS) is 33.5. The molecule has 4 heterocycles. The third-order valence-electron chi connectivity index (χ3n) is 8.29. The van der Waals surface area contributed by atoms with Crippen molar-refractivity contribution in [3.8, 4) is 0 Å². The van der Waals surface area contributed by atoms with Gasteiger partial charge in [-0.2, -0.15) is 17.2 Å². The van der Waals surface area contributed by atoms with Gasteiger partial charge in [0, 0.05) is 23.7 Å². The molecule has 29 nitrogen and oxygen atoms in total. The van der Waals surface area contributed by atoms with Crippen molar-refractivity contribution in [3.63, 3.8) is 0 Å². The molecule has 2 saturated heterocycles. The lowest BCUT2D eigenvalue weighted by atomic mass is 9.99. The minimum absolute atomic E-state index is 0.0138. The van der Waals surface area contributed by atoms with Gasteiger partial charge in [0.15, 0.2) is 24.8 Å². The minimum Gasteiger partial charge on any atom is -0.387 e. The number of phosphoric ester groups is 2. The molecule has 37 heteroatoms. The average Bonchev–Trinajstić information content (AvgIpc) is 3.43. The van der Waals surface area contributed by atoms with Crippen LogP contribution in [-0.2, 0) is 63.2 Å². The molecule has 62 heavy (non-hydrogen) atoms. The molecule has 0 aromatic heterocycles. The number of aliphatic hydroxyl groups excluding tert-OH is 2. The van der Waals surface area contributed by atoms with Gasteiger partial charge in [0.1, 0.15) is 40.9 Å². The Bertz CT molecular complexity index is 2180. The Labute approximate surface area is 349 Å². The SMILES string of the molecule is C=C1N=C(N)C(C)=CN1[C@@H]1O[C@](C)(COP(=O)(O)OP(=O)(O)OP(=O)(O)O)[C@H](O)C1F.C=C1NC(=C)N([C@@H]2O[C@](C)(COP(=O)(O)OP(=O)(O)OP(=O)(O)O)[C@H](O)C2F)C=C1C. The molecule has 4 aliphatic rings. The maximum atomic E-state index is 14.8. The van der Waals surface area contributed by atoms with Crippen LogP contribution in [0.25, 0.3) is 0 Å². The lowest BCUT2D eigenvalue weighted by molar-refractivity contribution is -0.122. The molecule has 4 aliphatic heterocycles. The van der Waals surface area contributed by atoms with Crippen LogP contribution in [0, 0.1) is 0 Å². The number of amidine groups is 1. The van der Waals surface area contributed by atoms with Crippen molar-refractivity contribution >= 4 is 52.8 Å². The number of aliphatic imine (C=N–C) groups is 1. The number of halogens is 2. The standard InChI is InChI=1S/C13H22FN2O12P3.C12H21FN3O12P3/c1-7-5-16(9(3)15-8(7)2)12-10(14)11(17)13(4,26-12)6-25-30(21,22)28-31(23,24)27-29(18,19)20;1-6-4-16(7(2)15-10(6)14)11-8(13)9(17)12(3,26-11)5-25-30(21,22)28-31(23,24)27-29(18,19)20/h5,10-12,15,17H,2-3,6H2,1,4H3,(H,21,22)(H,23,24)(H2,18,19,20);4,8-9,11,17H,2,5H2,1,3H3,(H2,14,15)(H,21,22)(H,23,24)(H2,18,19,20)/t10?,11-,12-,13-;8?,9-,11-,12-/m11/s1. The summed E-state index contributed by atoms with van der Waals surface area (Å²) in [7, 11) is -33.6. The Kier molecular flexibility index (Phi) is 16.8. The fourth-order valence-electron chi connectivity index (χ4n) is 5.28. The number of rotatable bonds is 16. The van der Waals surface area contributed by atoms with Crippen LogP contribution in [0.15, 0.2) is 65.6 Å². The summed E-state index contributed by atoms with van der Waals surface area (Å²) in [4.78, 5) is 77.7. The van der Waals surface area contributed by atoms with Gasteiger partial charge in [-0.05, 0) is 33.3 Å². The van der Waals surface area contributed by atoms with E-state index in [0.29, 0.717) is 16.8 Å². The molecule has 0 bridgehead atoms. The molecular weight excluding hydrogens is 978 g/mol. The molecule has 0 amide bonds. The molecule has 0 spiro atoms. The first-order valence-electron chi connectivity index (χ1n) is 16.4. The second-order valence-corrected chi connectivity index (χ2v) is 22.4. The van der Waals surface area contributed by atoms with Crippen molar-refractivity contribution in [3.05, 3.63) is 60.6 Å². The van der Waals surface area contributed by atoms with E-state index < -0.39 is 108 Å². The third kappa shape index (κ3) is 14.5. The number of nitrogens with zero attached hydrogens (tertiary/aromatic N) is 3. The van der Waals surface area contributed by atoms with Crippen molar-refractivity contribution in [1.82, 2.24) is 15.1 Å². The average molecular weight is 1020 g/mol. The van der Waals surface area contributed by atoms with Crippen LogP contribution < -0.4 is 11.1 Å². The predicted octanol–water partition coefficient (Wildman–Crippen LogP) is 1.13. The van der Waals surface area contributed by atoms with Crippen LogP contribution in [0.1, 0.15) is 27.7 Å². The molecule has 0 aromatic rings. The quantitative estimate of drug-likeness (QED) is 0.0964. The van der Waals surface area contributed by atoms with Gasteiger partial charge in [-0.25, -0.2) is 41.2 Å². The van der Waals surface area contributed by atoms with E-state index in [1.54, 1.807) is 13.8 Å². The van der Waals surface area contributed by atoms with E-state index in [-0.39, 0.29) is 17.5 Å².